The molecule has 0 aliphatic rings. The van der Waals surface area contributed by atoms with E-state index in [0.717, 1.165) is 6.26 Å². The molecule has 0 bridgehead atoms. The second-order valence-corrected chi connectivity index (χ2v) is 9.39. The summed E-state index contributed by atoms with van der Waals surface area (Å²) in [6, 6.07) is 4.16. The quantitative estimate of drug-likeness (QED) is 0.792. The van der Waals surface area contributed by atoms with Gasteiger partial charge in [-0.3, -0.25) is 0 Å². The van der Waals surface area contributed by atoms with Crippen LogP contribution < -0.4 is 4.72 Å². The van der Waals surface area contributed by atoms with Crippen molar-refractivity contribution in [3.05, 3.63) is 28.8 Å². The molecule has 1 N–H and O–H groups in total. The van der Waals surface area contributed by atoms with E-state index in [9.17, 15) is 16.8 Å². The van der Waals surface area contributed by atoms with Gasteiger partial charge in [0.05, 0.1) is 11.2 Å². The second kappa shape index (κ2) is 7.27. The van der Waals surface area contributed by atoms with Gasteiger partial charge in [0.15, 0.2) is 0 Å². The summed E-state index contributed by atoms with van der Waals surface area (Å²) in [5, 5.41) is 0.488. The summed E-state index contributed by atoms with van der Waals surface area (Å²) in [4.78, 5) is 0.102. The molecular weight excluding hydrogens is 348 g/mol. The lowest BCUT2D eigenvalue weighted by molar-refractivity contribution is 0.360. The third-order valence-electron chi connectivity index (χ3n) is 3.07. The standard InChI is InChI=1S/C13H21ClN2O4S2/c1-10(2)16(21(4,17)18)8-7-15-22(19,20)12-5-6-13(14)11(3)9-12/h5-6,9-10,15H,7-8H2,1-4H3. The molecule has 0 atom stereocenters. The van der Waals surface area contributed by atoms with E-state index in [1.54, 1.807) is 20.8 Å². The molecule has 0 fully saturated rings. The maximum atomic E-state index is 12.2. The predicted octanol–water partition coefficient (Wildman–Crippen LogP) is 1.60. The first-order valence-corrected chi connectivity index (χ1v) is 10.4. The first-order valence-electron chi connectivity index (χ1n) is 6.68. The molecule has 22 heavy (non-hydrogen) atoms. The van der Waals surface area contributed by atoms with E-state index < -0.39 is 20.0 Å². The Hall–Kier alpha value is -0.670. The molecule has 0 saturated heterocycles. The summed E-state index contributed by atoms with van der Waals surface area (Å²) in [6.07, 6.45) is 1.10. The molecule has 0 radical (unpaired) electrons. The highest BCUT2D eigenvalue weighted by Gasteiger charge is 2.21. The monoisotopic (exact) mass is 368 g/mol. The largest absolute Gasteiger partial charge is 0.240 e. The highest BCUT2D eigenvalue weighted by atomic mass is 35.5. The molecule has 0 amide bonds. The molecule has 1 rings (SSSR count). The van der Waals surface area contributed by atoms with Crippen molar-refractivity contribution in [3.8, 4) is 0 Å². The van der Waals surface area contributed by atoms with Crippen molar-refractivity contribution >= 4 is 31.6 Å². The van der Waals surface area contributed by atoms with Crippen LogP contribution in [0.1, 0.15) is 19.4 Å². The zero-order chi connectivity index (χ0) is 17.1. The number of rotatable bonds is 7. The Balaban J connectivity index is 2.80. The van der Waals surface area contributed by atoms with Gasteiger partial charge >= 0.3 is 0 Å². The van der Waals surface area contributed by atoms with E-state index in [4.69, 9.17) is 11.6 Å². The average molecular weight is 369 g/mol. The van der Waals surface area contributed by atoms with E-state index in [1.165, 1.54) is 22.5 Å². The van der Waals surface area contributed by atoms with Crippen molar-refractivity contribution in [2.75, 3.05) is 19.3 Å². The highest BCUT2D eigenvalue weighted by Crippen LogP contribution is 2.19. The van der Waals surface area contributed by atoms with Crippen molar-refractivity contribution in [1.29, 1.82) is 0 Å². The van der Waals surface area contributed by atoms with Crippen LogP contribution >= 0.6 is 11.6 Å². The zero-order valence-electron chi connectivity index (χ0n) is 13.0. The van der Waals surface area contributed by atoms with Gasteiger partial charge in [0.1, 0.15) is 0 Å². The summed E-state index contributed by atoms with van der Waals surface area (Å²) in [5.41, 5.74) is 0.657. The van der Waals surface area contributed by atoms with E-state index in [2.05, 4.69) is 4.72 Å². The van der Waals surface area contributed by atoms with Crippen molar-refractivity contribution in [2.45, 2.75) is 31.7 Å². The molecule has 1 aromatic carbocycles. The van der Waals surface area contributed by atoms with Gasteiger partial charge in [-0.05, 0) is 44.5 Å². The first-order chi connectivity index (χ1) is 9.95. The Labute approximate surface area is 137 Å². The third kappa shape index (κ3) is 5.20. The summed E-state index contributed by atoms with van der Waals surface area (Å²) < 4.78 is 51.2. The number of halogens is 1. The maximum absolute atomic E-state index is 12.2. The Morgan fingerprint density at radius 3 is 2.27 bits per heavy atom. The normalized spacial score (nSPS) is 13.0. The minimum atomic E-state index is -3.70. The molecule has 0 spiro atoms. The number of hydrogen-bond donors (Lipinski definition) is 1. The van der Waals surface area contributed by atoms with E-state index in [-0.39, 0.29) is 24.0 Å². The number of nitrogens with one attached hydrogen (secondary N) is 1. The fourth-order valence-corrected chi connectivity index (χ4v) is 4.38. The molecule has 0 aliphatic heterocycles. The lowest BCUT2D eigenvalue weighted by Gasteiger charge is -2.23. The van der Waals surface area contributed by atoms with E-state index in [1.807, 2.05) is 0 Å². The maximum Gasteiger partial charge on any atom is 0.240 e. The highest BCUT2D eigenvalue weighted by molar-refractivity contribution is 7.89. The summed E-state index contributed by atoms with van der Waals surface area (Å²) in [7, 11) is -7.07. The lowest BCUT2D eigenvalue weighted by Crippen LogP contribution is -2.41. The van der Waals surface area contributed by atoms with Gasteiger partial charge in [0.25, 0.3) is 0 Å². The molecule has 0 aromatic heterocycles. The topological polar surface area (TPSA) is 83.6 Å². The lowest BCUT2D eigenvalue weighted by atomic mass is 10.2. The van der Waals surface area contributed by atoms with Crippen LogP contribution in [0.15, 0.2) is 23.1 Å². The van der Waals surface area contributed by atoms with Gasteiger partial charge in [0, 0.05) is 24.2 Å². The van der Waals surface area contributed by atoms with Gasteiger partial charge in [0.2, 0.25) is 20.0 Å². The molecule has 0 aliphatic carbocycles. The van der Waals surface area contributed by atoms with E-state index in [0.29, 0.717) is 10.6 Å². The van der Waals surface area contributed by atoms with Crippen LogP contribution in [0.25, 0.3) is 0 Å². The van der Waals surface area contributed by atoms with Gasteiger partial charge in [-0.2, -0.15) is 4.31 Å². The molecule has 1 aromatic rings. The fraction of sp³-hybridized carbons (Fsp3) is 0.538. The summed E-state index contributed by atoms with van der Waals surface area (Å²) >= 11 is 5.87. The molecular formula is C13H21ClN2O4S2. The van der Waals surface area contributed by atoms with Crippen LogP contribution in [0.4, 0.5) is 0 Å². The van der Waals surface area contributed by atoms with Crippen molar-refractivity contribution in [3.63, 3.8) is 0 Å². The third-order valence-corrected chi connectivity index (χ3v) is 6.40. The number of nitrogens with zero attached hydrogens (tertiary/aromatic N) is 1. The van der Waals surface area contributed by atoms with Gasteiger partial charge in [-0.15, -0.1) is 0 Å². The van der Waals surface area contributed by atoms with Gasteiger partial charge in [-0.1, -0.05) is 11.6 Å². The summed E-state index contributed by atoms with van der Waals surface area (Å²) in [6.45, 7) is 5.25. The van der Waals surface area contributed by atoms with Crippen LogP contribution in [0.3, 0.4) is 0 Å². The number of hydrogen-bond acceptors (Lipinski definition) is 4. The molecule has 9 heteroatoms. The van der Waals surface area contributed by atoms with Crippen LogP contribution in [0.5, 0.6) is 0 Å². The van der Waals surface area contributed by atoms with E-state index >= 15 is 0 Å². The second-order valence-electron chi connectivity index (χ2n) is 5.28. The van der Waals surface area contributed by atoms with Gasteiger partial charge < -0.3 is 0 Å². The minimum absolute atomic E-state index is 0.00470. The SMILES string of the molecule is Cc1cc(S(=O)(=O)NCCN(C(C)C)S(C)(=O)=O)ccc1Cl. The number of aryl methyl sites for hydroxylation is 1. The smallest absolute Gasteiger partial charge is 0.212 e. The Kier molecular flexibility index (Phi) is 6.40. The van der Waals surface area contributed by atoms with Crippen LogP contribution in [-0.4, -0.2) is 46.5 Å². The van der Waals surface area contributed by atoms with Crippen LogP contribution in [0.2, 0.25) is 5.02 Å². The number of benzene rings is 1. The molecule has 126 valence electrons. The molecule has 0 saturated carbocycles. The Morgan fingerprint density at radius 1 is 1.23 bits per heavy atom. The summed E-state index contributed by atoms with van der Waals surface area (Å²) in [5.74, 6) is 0. The Bertz CT molecular complexity index is 730. The van der Waals surface area contributed by atoms with Crippen LogP contribution in [-0.2, 0) is 20.0 Å². The number of sulfonamides is 2. The molecule has 0 unspecified atom stereocenters. The first kappa shape index (κ1) is 19.4. The van der Waals surface area contributed by atoms with Crippen molar-refractivity contribution in [1.82, 2.24) is 9.03 Å². The van der Waals surface area contributed by atoms with Crippen molar-refractivity contribution < 1.29 is 16.8 Å². The average Bonchev–Trinajstić information content (AvgIpc) is 2.35. The van der Waals surface area contributed by atoms with Crippen LogP contribution in [0, 0.1) is 6.92 Å². The zero-order valence-corrected chi connectivity index (χ0v) is 15.4. The molecule has 0 heterocycles. The van der Waals surface area contributed by atoms with Gasteiger partial charge in [-0.25, -0.2) is 21.6 Å². The van der Waals surface area contributed by atoms with Crippen molar-refractivity contribution in [2.24, 2.45) is 0 Å². The predicted molar refractivity (Wildman–Crippen MR) is 88.1 cm³/mol. The Morgan fingerprint density at radius 2 is 1.82 bits per heavy atom. The molecule has 6 nitrogen and oxygen atoms in total. The fourth-order valence-electron chi connectivity index (χ4n) is 1.96. The minimum Gasteiger partial charge on any atom is -0.212 e.